The van der Waals surface area contributed by atoms with Gasteiger partial charge in [0, 0.05) is 12.2 Å². The molecule has 0 saturated heterocycles. The molecule has 6 nitrogen and oxygen atoms in total. The zero-order valence-corrected chi connectivity index (χ0v) is 16.6. The quantitative estimate of drug-likeness (QED) is 0.854. The lowest BCUT2D eigenvalue weighted by atomic mass is 10.0. The van der Waals surface area contributed by atoms with E-state index < -0.39 is 10.0 Å². The summed E-state index contributed by atoms with van der Waals surface area (Å²) in [5.74, 6) is 0.376. The zero-order chi connectivity index (χ0) is 19.6. The molecule has 0 fully saturated rings. The minimum absolute atomic E-state index is 0.160. The van der Waals surface area contributed by atoms with Gasteiger partial charge in [-0.25, -0.2) is 13.1 Å². The second-order valence-electron chi connectivity index (χ2n) is 6.69. The van der Waals surface area contributed by atoms with Crippen molar-refractivity contribution in [3.63, 3.8) is 0 Å². The van der Waals surface area contributed by atoms with E-state index in [2.05, 4.69) is 4.72 Å². The van der Waals surface area contributed by atoms with E-state index in [1.54, 1.807) is 38.0 Å². The van der Waals surface area contributed by atoms with E-state index in [0.29, 0.717) is 17.9 Å². The number of para-hydroxylation sites is 1. The Hall–Kier alpha value is -2.38. The van der Waals surface area contributed by atoms with Crippen LogP contribution in [0.3, 0.4) is 0 Å². The van der Waals surface area contributed by atoms with Gasteiger partial charge in [0.25, 0.3) is 0 Å². The monoisotopic (exact) mass is 388 g/mol. The summed E-state index contributed by atoms with van der Waals surface area (Å²) in [5.41, 5.74) is 3.27. The molecule has 1 aliphatic rings. The number of carbonyl (C=O) groups excluding carboxylic acids is 1. The maximum atomic E-state index is 12.7. The number of sulfonamides is 1. The summed E-state index contributed by atoms with van der Waals surface area (Å²) in [6.07, 6.45) is 1.79. The Bertz CT molecular complexity index is 970. The number of carbonyl (C=O) groups is 1. The molecule has 0 aliphatic carbocycles. The van der Waals surface area contributed by atoms with Gasteiger partial charge in [0.2, 0.25) is 15.9 Å². The Morgan fingerprint density at radius 1 is 1.19 bits per heavy atom. The molecule has 7 heteroatoms. The summed E-state index contributed by atoms with van der Waals surface area (Å²) >= 11 is 0. The van der Waals surface area contributed by atoms with Crippen LogP contribution in [-0.4, -0.2) is 34.5 Å². The zero-order valence-electron chi connectivity index (χ0n) is 15.8. The molecule has 1 aliphatic heterocycles. The normalized spacial score (nSPS) is 14.0. The van der Waals surface area contributed by atoms with Gasteiger partial charge in [-0.05, 0) is 61.6 Å². The van der Waals surface area contributed by atoms with Gasteiger partial charge in [-0.15, -0.1) is 0 Å². The SMILES string of the molecule is COc1cc(C)c(S(=O)(=O)NCC(=O)N2CCCc3ccccc32)cc1C. The number of nitrogens with one attached hydrogen (secondary N) is 1. The van der Waals surface area contributed by atoms with Crippen LogP contribution in [0.4, 0.5) is 5.69 Å². The number of nitrogens with zero attached hydrogens (tertiary/aromatic N) is 1. The number of hydrogen-bond donors (Lipinski definition) is 1. The first-order valence-corrected chi connectivity index (χ1v) is 10.3. The third kappa shape index (κ3) is 3.99. The van der Waals surface area contributed by atoms with Crippen LogP contribution in [0.15, 0.2) is 41.3 Å². The van der Waals surface area contributed by atoms with Crippen LogP contribution < -0.4 is 14.4 Å². The number of hydrogen-bond acceptors (Lipinski definition) is 4. The molecular formula is C20H24N2O4S. The molecule has 0 unspecified atom stereocenters. The number of benzene rings is 2. The fourth-order valence-electron chi connectivity index (χ4n) is 3.40. The first kappa shape index (κ1) is 19.4. The van der Waals surface area contributed by atoms with Crippen molar-refractivity contribution < 1.29 is 17.9 Å². The molecule has 0 atom stereocenters. The van der Waals surface area contributed by atoms with Crippen molar-refractivity contribution in [1.29, 1.82) is 0 Å². The van der Waals surface area contributed by atoms with Gasteiger partial charge in [-0.2, -0.15) is 0 Å². The lowest BCUT2D eigenvalue weighted by Crippen LogP contribution is -2.42. The summed E-state index contributed by atoms with van der Waals surface area (Å²) in [6.45, 7) is 3.81. The standard InChI is InChI=1S/C20H24N2O4S/c1-14-12-19(15(2)11-18(14)26-3)27(24,25)21-13-20(23)22-10-6-8-16-7-4-5-9-17(16)22/h4-5,7,9,11-12,21H,6,8,10,13H2,1-3H3. The molecule has 1 heterocycles. The van der Waals surface area contributed by atoms with Crippen molar-refractivity contribution in [3.05, 3.63) is 53.1 Å². The van der Waals surface area contributed by atoms with E-state index in [4.69, 9.17) is 4.74 Å². The second kappa shape index (κ2) is 7.70. The molecule has 0 aromatic heterocycles. The average Bonchev–Trinajstić information content (AvgIpc) is 2.67. The molecule has 0 saturated carbocycles. The first-order valence-electron chi connectivity index (χ1n) is 8.86. The molecule has 2 aromatic rings. The van der Waals surface area contributed by atoms with Crippen LogP contribution in [-0.2, 0) is 21.2 Å². The first-order chi connectivity index (χ1) is 12.8. The smallest absolute Gasteiger partial charge is 0.242 e. The van der Waals surface area contributed by atoms with E-state index in [0.717, 1.165) is 29.7 Å². The van der Waals surface area contributed by atoms with Crippen molar-refractivity contribution in [2.75, 3.05) is 25.1 Å². The highest BCUT2D eigenvalue weighted by molar-refractivity contribution is 7.89. The molecule has 1 amide bonds. The fraction of sp³-hybridized carbons (Fsp3) is 0.350. The summed E-state index contributed by atoms with van der Waals surface area (Å²) in [7, 11) is -2.26. The van der Waals surface area contributed by atoms with E-state index in [-0.39, 0.29) is 17.3 Å². The van der Waals surface area contributed by atoms with Crippen molar-refractivity contribution in [1.82, 2.24) is 4.72 Å². The topological polar surface area (TPSA) is 75.7 Å². The fourth-order valence-corrected chi connectivity index (χ4v) is 4.68. The number of rotatable bonds is 5. The van der Waals surface area contributed by atoms with E-state index in [9.17, 15) is 13.2 Å². The van der Waals surface area contributed by atoms with Crippen molar-refractivity contribution in [2.24, 2.45) is 0 Å². The maximum absolute atomic E-state index is 12.7. The molecule has 3 rings (SSSR count). The molecular weight excluding hydrogens is 364 g/mol. The second-order valence-corrected chi connectivity index (χ2v) is 8.42. The van der Waals surface area contributed by atoms with E-state index >= 15 is 0 Å². The predicted octanol–water partition coefficient (Wildman–Crippen LogP) is 2.57. The Balaban J connectivity index is 1.77. The van der Waals surface area contributed by atoms with E-state index in [1.165, 1.54) is 0 Å². The molecule has 2 aromatic carbocycles. The third-order valence-electron chi connectivity index (χ3n) is 4.81. The molecule has 27 heavy (non-hydrogen) atoms. The molecule has 1 N–H and O–H groups in total. The Morgan fingerprint density at radius 2 is 1.93 bits per heavy atom. The lowest BCUT2D eigenvalue weighted by molar-refractivity contribution is -0.117. The van der Waals surface area contributed by atoms with Crippen molar-refractivity contribution in [2.45, 2.75) is 31.6 Å². The Morgan fingerprint density at radius 3 is 2.67 bits per heavy atom. The minimum atomic E-state index is -3.80. The number of fused-ring (bicyclic) bond motifs is 1. The predicted molar refractivity (Wildman–Crippen MR) is 105 cm³/mol. The van der Waals surface area contributed by atoms with Gasteiger partial charge < -0.3 is 9.64 Å². The number of methoxy groups -OCH3 is 1. The van der Waals surface area contributed by atoms with Crippen LogP contribution >= 0.6 is 0 Å². The maximum Gasteiger partial charge on any atom is 0.242 e. The van der Waals surface area contributed by atoms with Crippen molar-refractivity contribution in [3.8, 4) is 5.75 Å². The number of amides is 1. The molecule has 0 spiro atoms. The summed E-state index contributed by atoms with van der Waals surface area (Å²) in [6, 6.07) is 11.0. The lowest BCUT2D eigenvalue weighted by Gasteiger charge is -2.29. The number of anilines is 1. The minimum Gasteiger partial charge on any atom is -0.496 e. The average molecular weight is 388 g/mol. The third-order valence-corrected chi connectivity index (χ3v) is 6.35. The number of ether oxygens (including phenoxy) is 1. The van der Waals surface area contributed by atoms with Crippen LogP contribution in [0.2, 0.25) is 0 Å². The highest BCUT2D eigenvalue weighted by atomic mass is 32.2. The number of aryl methyl sites for hydroxylation is 3. The van der Waals surface area contributed by atoms with Gasteiger partial charge in [-0.3, -0.25) is 4.79 Å². The van der Waals surface area contributed by atoms with Gasteiger partial charge in [0.15, 0.2) is 0 Å². The van der Waals surface area contributed by atoms with Gasteiger partial charge in [0.1, 0.15) is 5.75 Å². The Labute approximate surface area is 160 Å². The molecule has 0 bridgehead atoms. The van der Waals surface area contributed by atoms with Crippen LogP contribution in [0.5, 0.6) is 5.75 Å². The molecule has 0 radical (unpaired) electrons. The largest absolute Gasteiger partial charge is 0.496 e. The highest BCUT2D eigenvalue weighted by Gasteiger charge is 2.25. The van der Waals surface area contributed by atoms with Crippen LogP contribution in [0, 0.1) is 13.8 Å². The van der Waals surface area contributed by atoms with Crippen LogP contribution in [0.1, 0.15) is 23.1 Å². The summed E-state index contributed by atoms with van der Waals surface area (Å²) < 4.78 is 33.1. The molecule has 144 valence electrons. The van der Waals surface area contributed by atoms with E-state index in [1.807, 2.05) is 24.3 Å². The Kier molecular flexibility index (Phi) is 5.53. The highest BCUT2D eigenvalue weighted by Crippen LogP contribution is 2.27. The summed E-state index contributed by atoms with van der Waals surface area (Å²) in [4.78, 5) is 14.5. The summed E-state index contributed by atoms with van der Waals surface area (Å²) in [5, 5.41) is 0. The van der Waals surface area contributed by atoms with Gasteiger partial charge >= 0.3 is 0 Å². The van der Waals surface area contributed by atoms with Gasteiger partial charge in [-0.1, -0.05) is 18.2 Å². The van der Waals surface area contributed by atoms with Crippen LogP contribution in [0.25, 0.3) is 0 Å². The van der Waals surface area contributed by atoms with Crippen molar-refractivity contribution >= 4 is 21.6 Å². The van der Waals surface area contributed by atoms with Gasteiger partial charge in [0.05, 0.1) is 18.6 Å².